The molecule has 1 aliphatic rings. The van der Waals surface area contributed by atoms with Gasteiger partial charge in [0.15, 0.2) is 5.65 Å². The summed E-state index contributed by atoms with van der Waals surface area (Å²) in [7, 11) is 0. The Hall–Kier alpha value is -2.84. The first-order valence-electron chi connectivity index (χ1n) is 8.65. The molecular formula is C18H20N6O2. The molecule has 0 amide bonds. The first kappa shape index (κ1) is 16.6. The number of anilines is 1. The molecule has 0 saturated carbocycles. The number of fused-ring (bicyclic) bond motifs is 1. The number of hydrogen-bond donors (Lipinski definition) is 2. The third-order valence-corrected chi connectivity index (χ3v) is 4.40. The molecule has 134 valence electrons. The fourth-order valence-electron chi connectivity index (χ4n) is 3.07. The monoisotopic (exact) mass is 352 g/mol. The summed E-state index contributed by atoms with van der Waals surface area (Å²) in [6.45, 7) is 4.96. The minimum Gasteiger partial charge on any atom is -0.379 e. The van der Waals surface area contributed by atoms with E-state index in [0.29, 0.717) is 23.5 Å². The third kappa shape index (κ3) is 3.56. The summed E-state index contributed by atoms with van der Waals surface area (Å²) < 4.78 is 5.34. The average molecular weight is 352 g/mol. The Bertz CT molecular complexity index is 937. The first-order valence-corrected chi connectivity index (χ1v) is 8.65. The van der Waals surface area contributed by atoms with Crippen LogP contribution in [0.25, 0.3) is 22.2 Å². The van der Waals surface area contributed by atoms with Gasteiger partial charge in [-0.05, 0) is 12.1 Å². The summed E-state index contributed by atoms with van der Waals surface area (Å²) in [4.78, 5) is 30.6. The van der Waals surface area contributed by atoms with Crippen LogP contribution in [0.1, 0.15) is 0 Å². The maximum Gasteiger partial charge on any atom is 0.262 e. The average Bonchev–Trinajstić information content (AvgIpc) is 2.69. The van der Waals surface area contributed by atoms with Crippen molar-refractivity contribution in [2.75, 3.05) is 44.7 Å². The van der Waals surface area contributed by atoms with Gasteiger partial charge in [0.2, 0.25) is 5.95 Å². The molecule has 0 radical (unpaired) electrons. The van der Waals surface area contributed by atoms with Crippen LogP contribution in [-0.2, 0) is 4.74 Å². The van der Waals surface area contributed by atoms with E-state index in [1.165, 1.54) is 0 Å². The van der Waals surface area contributed by atoms with Gasteiger partial charge in [0.25, 0.3) is 5.56 Å². The Morgan fingerprint density at radius 3 is 2.92 bits per heavy atom. The maximum atomic E-state index is 12.6. The van der Waals surface area contributed by atoms with Crippen molar-refractivity contribution >= 4 is 17.0 Å². The zero-order valence-electron chi connectivity index (χ0n) is 14.3. The largest absolute Gasteiger partial charge is 0.379 e. The Kier molecular flexibility index (Phi) is 4.85. The fraction of sp³-hybridized carbons (Fsp3) is 0.333. The molecule has 0 unspecified atom stereocenters. The van der Waals surface area contributed by atoms with Gasteiger partial charge in [-0.15, -0.1) is 0 Å². The van der Waals surface area contributed by atoms with Crippen molar-refractivity contribution in [1.29, 1.82) is 0 Å². The van der Waals surface area contributed by atoms with Gasteiger partial charge in [0, 0.05) is 55.9 Å². The van der Waals surface area contributed by atoms with Crippen LogP contribution in [0.2, 0.25) is 0 Å². The van der Waals surface area contributed by atoms with Gasteiger partial charge >= 0.3 is 0 Å². The van der Waals surface area contributed by atoms with Crippen LogP contribution in [0.5, 0.6) is 0 Å². The second kappa shape index (κ2) is 7.59. The molecule has 0 bridgehead atoms. The highest BCUT2D eigenvalue weighted by Gasteiger charge is 2.12. The van der Waals surface area contributed by atoms with Crippen LogP contribution >= 0.6 is 0 Å². The second-order valence-electron chi connectivity index (χ2n) is 6.09. The van der Waals surface area contributed by atoms with Crippen LogP contribution in [0, 0.1) is 0 Å². The predicted molar refractivity (Wildman–Crippen MR) is 99.1 cm³/mol. The smallest absolute Gasteiger partial charge is 0.262 e. The second-order valence-corrected chi connectivity index (χ2v) is 6.09. The fourth-order valence-corrected chi connectivity index (χ4v) is 3.07. The SMILES string of the molecule is O=c1[nH]c(NCCN2CCOCC2)nc2nccc(-c3cccnc3)c12. The molecule has 0 atom stereocenters. The van der Waals surface area contributed by atoms with Gasteiger partial charge < -0.3 is 10.1 Å². The van der Waals surface area contributed by atoms with Crippen LogP contribution in [0.4, 0.5) is 5.95 Å². The number of nitrogens with one attached hydrogen (secondary N) is 2. The van der Waals surface area contributed by atoms with Crippen molar-refractivity contribution in [2.24, 2.45) is 0 Å². The Balaban J connectivity index is 1.56. The third-order valence-electron chi connectivity index (χ3n) is 4.40. The van der Waals surface area contributed by atoms with E-state index in [9.17, 15) is 4.79 Å². The topological polar surface area (TPSA) is 96.0 Å². The maximum absolute atomic E-state index is 12.6. The van der Waals surface area contributed by atoms with Crippen molar-refractivity contribution in [3.63, 3.8) is 0 Å². The number of rotatable bonds is 5. The van der Waals surface area contributed by atoms with E-state index >= 15 is 0 Å². The number of ether oxygens (including phenoxy) is 1. The van der Waals surface area contributed by atoms with E-state index in [2.05, 4.69) is 30.2 Å². The van der Waals surface area contributed by atoms with Crippen molar-refractivity contribution in [3.8, 4) is 11.1 Å². The predicted octanol–water partition coefficient (Wildman–Crippen LogP) is 1.12. The summed E-state index contributed by atoms with van der Waals surface area (Å²) in [5, 5.41) is 3.65. The zero-order chi connectivity index (χ0) is 17.8. The lowest BCUT2D eigenvalue weighted by molar-refractivity contribution is 0.0398. The lowest BCUT2D eigenvalue weighted by Crippen LogP contribution is -2.39. The zero-order valence-corrected chi connectivity index (χ0v) is 14.3. The van der Waals surface area contributed by atoms with Gasteiger partial charge in [-0.1, -0.05) is 6.07 Å². The molecule has 3 aromatic rings. The van der Waals surface area contributed by atoms with Gasteiger partial charge in [-0.2, -0.15) is 4.98 Å². The van der Waals surface area contributed by atoms with Crippen molar-refractivity contribution < 1.29 is 4.74 Å². The standard InChI is InChI=1S/C18H20N6O2/c25-17-15-14(13-2-1-4-19-12-13)3-5-20-16(15)22-18(23-17)21-6-7-24-8-10-26-11-9-24/h1-5,12H,6-11H2,(H2,20,21,22,23,25). The molecular weight excluding hydrogens is 332 g/mol. The van der Waals surface area contributed by atoms with Crippen LogP contribution < -0.4 is 10.9 Å². The lowest BCUT2D eigenvalue weighted by Gasteiger charge is -2.26. The highest BCUT2D eigenvalue weighted by Crippen LogP contribution is 2.23. The molecule has 1 fully saturated rings. The van der Waals surface area contributed by atoms with E-state index in [0.717, 1.165) is 44.0 Å². The number of pyridine rings is 2. The minimum absolute atomic E-state index is 0.212. The number of hydrogen-bond acceptors (Lipinski definition) is 7. The molecule has 0 aromatic carbocycles. The molecule has 8 nitrogen and oxygen atoms in total. The van der Waals surface area contributed by atoms with E-state index < -0.39 is 0 Å². The van der Waals surface area contributed by atoms with E-state index in [1.807, 2.05) is 18.2 Å². The van der Waals surface area contributed by atoms with E-state index in [4.69, 9.17) is 4.74 Å². The van der Waals surface area contributed by atoms with Crippen molar-refractivity contribution in [2.45, 2.75) is 0 Å². The highest BCUT2D eigenvalue weighted by molar-refractivity contribution is 5.91. The van der Waals surface area contributed by atoms with Crippen molar-refractivity contribution in [3.05, 3.63) is 47.1 Å². The molecule has 0 aliphatic carbocycles. The highest BCUT2D eigenvalue weighted by atomic mass is 16.5. The van der Waals surface area contributed by atoms with Crippen LogP contribution in [-0.4, -0.2) is 64.2 Å². The summed E-state index contributed by atoms with van der Waals surface area (Å²) in [5.41, 5.74) is 1.84. The van der Waals surface area contributed by atoms with Crippen LogP contribution in [0.3, 0.4) is 0 Å². The van der Waals surface area contributed by atoms with Gasteiger partial charge in [-0.3, -0.25) is 19.7 Å². The Morgan fingerprint density at radius 2 is 2.12 bits per heavy atom. The Labute approximate surface area is 150 Å². The lowest BCUT2D eigenvalue weighted by atomic mass is 10.1. The minimum atomic E-state index is -0.212. The van der Waals surface area contributed by atoms with E-state index in [-0.39, 0.29) is 5.56 Å². The van der Waals surface area contributed by atoms with Crippen molar-refractivity contribution in [1.82, 2.24) is 24.8 Å². The molecule has 4 heterocycles. The molecule has 0 spiro atoms. The molecule has 1 aliphatic heterocycles. The van der Waals surface area contributed by atoms with Gasteiger partial charge in [-0.25, -0.2) is 4.98 Å². The normalized spacial score (nSPS) is 15.2. The van der Waals surface area contributed by atoms with Gasteiger partial charge in [0.05, 0.1) is 18.6 Å². The number of morpholine rings is 1. The molecule has 8 heteroatoms. The first-order chi connectivity index (χ1) is 12.8. The summed E-state index contributed by atoms with van der Waals surface area (Å²) in [6.07, 6.45) is 5.09. The van der Waals surface area contributed by atoms with Crippen LogP contribution in [0.15, 0.2) is 41.6 Å². The molecule has 2 N–H and O–H groups in total. The number of nitrogens with zero attached hydrogens (tertiary/aromatic N) is 4. The summed E-state index contributed by atoms with van der Waals surface area (Å²) in [5.74, 6) is 0.437. The Morgan fingerprint density at radius 1 is 1.23 bits per heavy atom. The molecule has 4 rings (SSSR count). The quantitative estimate of drug-likeness (QED) is 0.710. The number of aromatic nitrogens is 4. The summed E-state index contributed by atoms with van der Waals surface area (Å²) in [6, 6.07) is 5.56. The molecule has 1 saturated heterocycles. The molecule has 26 heavy (non-hydrogen) atoms. The molecule has 3 aromatic heterocycles. The van der Waals surface area contributed by atoms with E-state index in [1.54, 1.807) is 18.6 Å². The summed E-state index contributed by atoms with van der Waals surface area (Å²) >= 11 is 0. The van der Waals surface area contributed by atoms with Gasteiger partial charge in [0.1, 0.15) is 0 Å². The number of aromatic amines is 1. The number of H-pyrrole nitrogens is 1.